The predicted molar refractivity (Wildman–Crippen MR) is 78.4 cm³/mol. The monoisotopic (exact) mass is 264 g/mol. The molecular weight excluding hydrogens is 236 g/mol. The third-order valence-corrected chi connectivity index (χ3v) is 5.42. The number of nitrogens with zero attached hydrogens (tertiary/aromatic N) is 2. The summed E-state index contributed by atoms with van der Waals surface area (Å²) in [6.45, 7) is 12.6. The molecular formula is C15H28N4. The van der Waals surface area contributed by atoms with Crippen LogP contribution in [0.15, 0.2) is 12.4 Å². The molecule has 1 saturated carbocycles. The summed E-state index contributed by atoms with van der Waals surface area (Å²) in [7, 11) is 0. The fourth-order valence-electron chi connectivity index (χ4n) is 3.70. The van der Waals surface area contributed by atoms with E-state index >= 15 is 0 Å². The summed E-state index contributed by atoms with van der Waals surface area (Å²) in [6, 6.07) is 0.294. The molecule has 1 aliphatic carbocycles. The average molecular weight is 264 g/mol. The zero-order valence-corrected chi connectivity index (χ0v) is 12.9. The van der Waals surface area contributed by atoms with Gasteiger partial charge in [0.05, 0.1) is 0 Å². The molecule has 1 aliphatic rings. The first-order valence-electron chi connectivity index (χ1n) is 7.32. The standard InChI is InChI=1S/C15H28N4/c1-6-8-19-9-7-17-12(19)10-11(18-16)13-14(2,3)15(13,4)5/h7,9,11,13,18H,6,8,10,16H2,1-5H3. The quantitative estimate of drug-likeness (QED) is 0.612. The van der Waals surface area contributed by atoms with Gasteiger partial charge in [0.25, 0.3) is 0 Å². The van der Waals surface area contributed by atoms with Crippen LogP contribution in [0.4, 0.5) is 0 Å². The molecule has 19 heavy (non-hydrogen) atoms. The molecule has 1 heterocycles. The molecule has 1 aromatic rings. The lowest BCUT2D eigenvalue weighted by Gasteiger charge is -2.18. The highest BCUT2D eigenvalue weighted by Crippen LogP contribution is 2.69. The van der Waals surface area contributed by atoms with Gasteiger partial charge in [-0.3, -0.25) is 11.3 Å². The number of nitrogens with two attached hydrogens (primary N) is 1. The zero-order valence-electron chi connectivity index (χ0n) is 12.9. The summed E-state index contributed by atoms with van der Waals surface area (Å²) in [5, 5.41) is 0. The maximum absolute atomic E-state index is 5.81. The van der Waals surface area contributed by atoms with Gasteiger partial charge in [-0.1, -0.05) is 34.6 Å². The van der Waals surface area contributed by atoms with Gasteiger partial charge in [-0.25, -0.2) is 4.98 Å². The van der Waals surface area contributed by atoms with E-state index in [2.05, 4.69) is 55.8 Å². The van der Waals surface area contributed by atoms with E-state index in [1.165, 1.54) is 0 Å². The molecule has 0 amide bonds. The van der Waals surface area contributed by atoms with E-state index in [0.717, 1.165) is 25.2 Å². The number of hydrogen-bond donors (Lipinski definition) is 2. The van der Waals surface area contributed by atoms with E-state index in [-0.39, 0.29) is 0 Å². The third kappa shape index (κ3) is 2.32. The summed E-state index contributed by atoms with van der Waals surface area (Å²) < 4.78 is 2.24. The van der Waals surface area contributed by atoms with Gasteiger partial charge in [-0.2, -0.15) is 0 Å². The van der Waals surface area contributed by atoms with Crippen LogP contribution in [0.3, 0.4) is 0 Å². The van der Waals surface area contributed by atoms with Crippen LogP contribution in [0.1, 0.15) is 46.9 Å². The lowest BCUT2D eigenvalue weighted by Crippen LogP contribution is -2.40. The van der Waals surface area contributed by atoms with Gasteiger partial charge >= 0.3 is 0 Å². The number of aryl methyl sites for hydroxylation is 1. The summed E-state index contributed by atoms with van der Waals surface area (Å²) >= 11 is 0. The van der Waals surface area contributed by atoms with Crippen molar-refractivity contribution in [3.05, 3.63) is 18.2 Å². The second-order valence-corrected chi connectivity index (χ2v) is 6.94. The lowest BCUT2D eigenvalue weighted by molar-refractivity contribution is 0.391. The smallest absolute Gasteiger partial charge is 0.110 e. The lowest BCUT2D eigenvalue weighted by atomic mass is 10.0. The Morgan fingerprint density at radius 3 is 2.47 bits per heavy atom. The van der Waals surface area contributed by atoms with Gasteiger partial charge in [0.15, 0.2) is 0 Å². The van der Waals surface area contributed by atoms with E-state index in [1.54, 1.807) is 0 Å². The van der Waals surface area contributed by atoms with Crippen LogP contribution in [0, 0.1) is 16.7 Å². The second-order valence-electron chi connectivity index (χ2n) is 6.94. The summed E-state index contributed by atoms with van der Waals surface area (Å²) in [5.74, 6) is 7.55. The molecule has 108 valence electrons. The fraction of sp³-hybridized carbons (Fsp3) is 0.800. The Bertz CT molecular complexity index is 419. The number of imidazole rings is 1. The number of hydrazine groups is 1. The molecule has 4 heteroatoms. The van der Waals surface area contributed by atoms with Crippen LogP contribution >= 0.6 is 0 Å². The molecule has 0 aliphatic heterocycles. The van der Waals surface area contributed by atoms with Crippen molar-refractivity contribution >= 4 is 0 Å². The Balaban J connectivity index is 2.11. The number of rotatable bonds is 6. The van der Waals surface area contributed by atoms with Crippen molar-refractivity contribution in [2.45, 2.75) is 60.0 Å². The summed E-state index contributed by atoms with van der Waals surface area (Å²) in [6.07, 6.45) is 5.99. The molecule has 1 fully saturated rings. The van der Waals surface area contributed by atoms with E-state index in [1.807, 2.05) is 6.20 Å². The number of nitrogens with one attached hydrogen (secondary N) is 1. The highest BCUT2D eigenvalue weighted by molar-refractivity contribution is 5.17. The Hall–Kier alpha value is -0.870. The van der Waals surface area contributed by atoms with Crippen LogP contribution in [0.5, 0.6) is 0 Å². The Kier molecular flexibility index (Phi) is 3.76. The van der Waals surface area contributed by atoms with E-state index in [0.29, 0.717) is 22.8 Å². The largest absolute Gasteiger partial charge is 0.335 e. The minimum Gasteiger partial charge on any atom is -0.335 e. The Morgan fingerprint density at radius 2 is 2.00 bits per heavy atom. The first-order chi connectivity index (χ1) is 8.86. The van der Waals surface area contributed by atoms with Gasteiger partial charge in [0, 0.05) is 31.4 Å². The van der Waals surface area contributed by atoms with Crippen LogP contribution in [0.25, 0.3) is 0 Å². The molecule has 0 spiro atoms. The second kappa shape index (κ2) is 4.91. The van der Waals surface area contributed by atoms with Crippen molar-refractivity contribution in [2.24, 2.45) is 22.6 Å². The van der Waals surface area contributed by atoms with Crippen LogP contribution in [-0.4, -0.2) is 15.6 Å². The maximum atomic E-state index is 5.81. The highest BCUT2D eigenvalue weighted by atomic mass is 15.2. The molecule has 2 rings (SSSR count). The van der Waals surface area contributed by atoms with E-state index in [4.69, 9.17) is 5.84 Å². The Morgan fingerprint density at radius 1 is 1.37 bits per heavy atom. The van der Waals surface area contributed by atoms with E-state index in [9.17, 15) is 0 Å². The highest BCUT2D eigenvalue weighted by Gasteiger charge is 2.66. The fourth-order valence-corrected chi connectivity index (χ4v) is 3.70. The molecule has 4 nitrogen and oxygen atoms in total. The number of hydrogen-bond acceptors (Lipinski definition) is 3. The molecule has 1 aromatic heterocycles. The molecule has 1 unspecified atom stereocenters. The average Bonchev–Trinajstić information content (AvgIpc) is 2.68. The molecule has 0 aromatic carbocycles. The van der Waals surface area contributed by atoms with Crippen molar-refractivity contribution in [2.75, 3.05) is 0 Å². The molecule has 0 bridgehead atoms. The predicted octanol–water partition coefficient (Wildman–Crippen LogP) is 2.35. The van der Waals surface area contributed by atoms with Gasteiger partial charge in [-0.05, 0) is 23.2 Å². The maximum Gasteiger partial charge on any atom is 0.110 e. The SMILES string of the molecule is CCCn1ccnc1CC(NN)C1C(C)(C)C1(C)C. The van der Waals surface area contributed by atoms with Crippen molar-refractivity contribution in [3.8, 4) is 0 Å². The number of aromatic nitrogens is 2. The van der Waals surface area contributed by atoms with Crippen LogP contribution in [-0.2, 0) is 13.0 Å². The van der Waals surface area contributed by atoms with E-state index < -0.39 is 0 Å². The molecule has 0 radical (unpaired) electrons. The summed E-state index contributed by atoms with van der Waals surface area (Å²) in [5.41, 5.74) is 3.71. The topological polar surface area (TPSA) is 55.9 Å². The van der Waals surface area contributed by atoms with Crippen molar-refractivity contribution in [3.63, 3.8) is 0 Å². The van der Waals surface area contributed by atoms with Gasteiger partial charge in [0.1, 0.15) is 5.82 Å². The van der Waals surface area contributed by atoms with Crippen molar-refractivity contribution in [1.82, 2.24) is 15.0 Å². The normalized spacial score (nSPS) is 22.4. The molecule has 3 N–H and O–H groups in total. The third-order valence-electron chi connectivity index (χ3n) is 5.42. The first kappa shape index (κ1) is 14.5. The van der Waals surface area contributed by atoms with Crippen molar-refractivity contribution in [1.29, 1.82) is 0 Å². The summed E-state index contributed by atoms with van der Waals surface area (Å²) in [4.78, 5) is 4.50. The minimum atomic E-state index is 0.294. The molecule has 0 saturated heterocycles. The first-order valence-corrected chi connectivity index (χ1v) is 7.32. The van der Waals surface area contributed by atoms with Crippen LogP contribution in [0.2, 0.25) is 0 Å². The van der Waals surface area contributed by atoms with Crippen LogP contribution < -0.4 is 11.3 Å². The Labute approximate surface area is 116 Å². The molecule has 1 atom stereocenters. The minimum absolute atomic E-state index is 0.294. The van der Waals surface area contributed by atoms with Gasteiger partial charge in [0.2, 0.25) is 0 Å². The van der Waals surface area contributed by atoms with Crippen molar-refractivity contribution < 1.29 is 0 Å². The zero-order chi connectivity index (χ0) is 14.3. The van der Waals surface area contributed by atoms with Gasteiger partial charge < -0.3 is 4.57 Å². The van der Waals surface area contributed by atoms with Gasteiger partial charge in [-0.15, -0.1) is 0 Å².